The van der Waals surface area contributed by atoms with E-state index in [1.54, 1.807) is 13.0 Å². The first-order valence-corrected chi connectivity index (χ1v) is 10.0. The Morgan fingerprint density at radius 3 is 1.62 bits per heavy atom. The van der Waals surface area contributed by atoms with Crippen LogP contribution in [0.5, 0.6) is 0 Å². The summed E-state index contributed by atoms with van der Waals surface area (Å²) in [5.74, 6) is 0. The Morgan fingerprint density at radius 1 is 0.793 bits per heavy atom. The highest BCUT2D eigenvalue weighted by Gasteiger charge is 2.34. The lowest BCUT2D eigenvalue weighted by atomic mass is 9.69. The van der Waals surface area contributed by atoms with Gasteiger partial charge in [-0.2, -0.15) is 0 Å². The van der Waals surface area contributed by atoms with Crippen LogP contribution in [-0.4, -0.2) is 10.7 Å². The molecule has 0 radical (unpaired) electrons. The first-order valence-electron chi connectivity index (χ1n) is 10.0. The molecule has 1 aliphatic carbocycles. The van der Waals surface area contributed by atoms with Crippen molar-refractivity contribution in [2.75, 3.05) is 11.5 Å². The zero-order valence-corrected chi connectivity index (χ0v) is 18.3. The highest BCUT2D eigenvalue weighted by Crippen LogP contribution is 2.43. The molecule has 152 valence electrons. The van der Waals surface area contributed by atoms with E-state index in [-0.39, 0.29) is 0 Å². The maximum atomic E-state index is 10.5. The maximum absolute atomic E-state index is 10.5. The summed E-state index contributed by atoms with van der Waals surface area (Å²) >= 11 is 0. The summed E-state index contributed by atoms with van der Waals surface area (Å²) < 4.78 is 0. The average molecular weight is 389 g/mol. The second-order valence-electron chi connectivity index (χ2n) is 8.71. The van der Waals surface area contributed by atoms with E-state index in [0.29, 0.717) is 0 Å². The third-order valence-corrected chi connectivity index (χ3v) is 6.23. The molecule has 0 spiro atoms. The summed E-state index contributed by atoms with van der Waals surface area (Å²) in [5.41, 5.74) is 20.4. The molecule has 0 aromatic heterocycles. The van der Waals surface area contributed by atoms with Crippen LogP contribution in [0.3, 0.4) is 0 Å². The smallest absolute Gasteiger partial charge is 0.0986 e. The minimum absolute atomic E-state index is 0.437. The van der Waals surface area contributed by atoms with Crippen molar-refractivity contribution in [1.82, 2.24) is 0 Å². The van der Waals surface area contributed by atoms with E-state index >= 15 is 0 Å². The molecule has 3 rings (SSSR count). The average Bonchev–Trinajstić information content (AvgIpc) is 2.83. The van der Waals surface area contributed by atoms with Crippen molar-refractivity contribution < 1.29 is 5.11 Å². The first kappa shape index (κ1) is 20.9. The molecule has 3 heteroatoms. The van der Waals surface area contributed by atoms with E-state index in [0.717, 1.165) is 50.3 Å². The standard InChI is InChI=1S/C26H32N2O/c1-16-12-21(13-17(2)23(16)27)26(6,20-8-7-10-25(5,29)11-9-20)22-14-18(3)24(28)19(4)15-22/h7-15,29H,27-28H2,1-6H3. The van der Waals surface area contributed by atoms with Crippen molar-refractivity contribution in [1.29, 1.82) is 0 Å². The number of hydrogen-bond donors (Lipinski definition) is 3. The van der Waals surface area contributed by atoms with E-state index < -0.39 is 11.0 Å². The van der Waals surface area contributed by atoms with Crippen LogP contribution in [0.25, 0.3) is 0 Å². The van der Waals surface area contributed by atoms with Gasteiger partial charge in [-0.15, -0.1) is 0 Å². The lowest BCUT2D eigenvalue weighted by molar-refractivity contribution is 0.164. The van der Waals surface area contributed by atoms with Gasteiger partial charge in [0.1, 0.15) is 0 Å². The van der Waals surface area contributed by atoms with Gasteiger partial charge >= 0.3 is 0 Å². The molecule has 0 aliphatic heterocycles. The molecule has 5 N–H and O–H groups in total. The van der Waals surface area contributed by atoms with Crippen LogP contribution in [0, 0.1) is 27.7 Å². The van der Waals surface area contributed by atoms with Crippen molar-refractivity contribution in [3.63, 3.8) is 0 Å². The summed E-state index contributed by atoms with van der Waals surface area (Å²) in [4.78, 5) is 0. The zero-order chi connectivity index (χ0) is 21.6. The number of rotatable bonds is 3. The van der Waals surface area contributed by atoms with Crippen LogP contribution < -0.4 is 11.5 Å². The number of nitrogen functional groups attached to an aromatic ring is 2. The Labute approximate surface area is 174 Å². The lowest BCUT2D eigenvalue weighted by Gasteiger charge is -2.34. The van der Waals surface area contributed by atoms with Crippen molar-refractivity contribution in [2.24, 2.45) is 0 Å². The zero-order valence-electron chi connectivity index (χ0n) is 18.3. The Balaban J connectivity index is 2.34. The third-order valence-electron chi connectivity index (χ3n) is 6.23. The number of hydrogen-bond acceptors (Lipinski definition) is 3. The number of benzene rings is 2. The molecule has 0 bridgehead atoms. The van der Waals surface area contributed by atoms with Gasteiger partial charge in [-0.3, -0.25) is 0 Å². The number of nitrogens with two attached hydrogens (primary N) is 2. The van der Waals surface area contributed by atoms with Gasteiger partial charge in [-0.1, -0.05) is 42.5 Å². The molecule has 1 aliphatic rings. The fourth-order valence-corrected chi connectivity index (χ4v) is 4.08. The number of aliphatic hydroxyl groups is 1. The predicted molar refractivity (Wildman–Crippen MR) is 124 cm³/mol. The van der Waals surface area contributed by atoms with E-state index in [1.807, 2.05) is 45.9 Å². The first-order chi connectivity index (χ1) is 13.5. The van der Waals surface area contributed by atoms with Gasteiger partial charge in [0.05, 0.1) is 5.60 Å². The van der Waals surface area contributed by atoms with Gasteiger partial charge in [-0.25, -0.2) is 0 Å². The van der Waals surface area contributed by atoms with Crippen molar-refractivity contribution in [3.8, 4) is 0 Å². The number of anilines is 2. The van der Waals surface area contributed by atoms with E-state index in [2.05, 4.69) is 37.3 Å². The van der Waals surface area contributed by atoms with Crippen LogP contribution in [0.2, 0.25) is 0 Å². The highest BCUT2D eigenvalue weighted by molar-refractivity contribution is 5.64. The number of aryl methyl sites for hydroxylation is 4. The van der Waals surface area contributed by atoms with Gasteiger partial charge < -0.3 is 16.6 Å². The predicted octanol–water partition coefficient (Wildman–Crippen LogP) is 5.19. The fraction of sp³-hybridized carbons (Fsp3) is 0.308. The fourth-order valence-electron chi connectivity index (χ4n) is 4.08. The van der Waals surface area contributed by atoms with Crippen LogP contribution >= 0.6 is 0 Å². The summed E-state index contributed by atoms with van der Waals surface area (Å²) in [6, 6.07) is 8.69. The minimum Gasteiger partial charge on any atom is -0.398 e. The topological polar surface area (TPSA) is 72.3 Å². The monoisotopic (exact) mass is 388 g/mol. The van der Waals surface area contributed by atoms with E-state index in [1.165, 1.54) is 0 Å². The molecular weight excluding hydrogens is 356 g/mol. The van der Waals surface area contributed by atoms with Crippen LogP contribution in [0.4, 0.5) is 11.4 Å². The summed E-state index contributed by atoms with van der Waals surface area (Å²) in [6.45, 7) is 12.2. The Hall–Kier alpha value is -2.78. The molecule has 1 unspecified atom stereocenters. The van der Waals surface area contributed by atoms with Crippen LogP contribution in [-0.2, 0) is 5.41 Å². The Morgan fingerprint density at radius 2 is 1.21 bits per heavy atom. The summed E-state index contributed by atoms with van der Waals surface area (Å²) in [6.07, 6.45) is 9.69. The molecule has 29 heavy (non-hydrogen) atoms. The second kappa shape index (κ2) is 7.23. The summed E-state index contributed by atoms with van der Waals surface area (Å²) in [5, 5.41) is 10.5. The van der Waals surface area contributed by atoms with Crippen molar-refractivity contribution in [2.45, 2.75) is 52.6 Å². The lowest BCUT2D eigenvalue weighted by Crippen LogP contribution is -2.27. The van der Waals surface area contributed by atoms with E-state index in [4.69, 9.17) is 11.5 Å². The quantitative estimate of drug-likeness (QED) is 0.633. The highest BCUT2D eigenvalue weighted by atomic mass is 16.3. The Kier molecular flexibility index (Phi) is 5.22. The second-order valence-corrected chi connectivity index (χ2v) is 8.71. The molecule has 3 nitrogen and oxygen atoms in total. The van der Waals surface area contributed by atoms with Crippen LogP contribution in [0.15, 0.2) is 60.2 Å². The molecule has 0 saturated carbocycles. The summed E-state index contributed by atoms with van der Waals surface area (Å²) in [7, 11) is 0. The third kappa shape index (κ3) is 3.75. The van der Waals surface area contributed by atoms with Crippen LogP contribution in [0.1, 0.15) is 47.2 Å². The maximum Gasteiger partial charge on any atom is 0.0986 e. The number of allylic oxidation sites excluding steroid dienone is 4. The normalized spacial score (nSPS) is 19.2. The SMILES string of the molecule is Cc1cc(C(C)(C2=CC=CC(C)(O)C=C2)c2cc(C)c(N)c(C)c2)cc(C)c1N. The van der Waals surface area contributed by atoms with Gasteiger partial charge in [0.2, 0.25) is 0 Å². The minimum atomic E-state index is -0.973. The molecule has 0 saturated heterocycles. The van der Waals surface area contributed by atoms with Gasteiger partial charge in [0.25, 0.3) is 0 Å². The van der Waals surface area contributed by atoms with Crippen molar-refractivity contribution in [3.05, 3.63) is 93.6 Å². The largest absolute Gasteiger partial charge is 0.398 e. The Bertz CT molecular complexity index is 951. The van der Waals surface area contributed by atoms with E-state index in [9.17, 15) is 5.11 Å². The van der Waals surface area contributed by atoms with Gasteiger partial charge in [0.15, 0.2) is 0 Å². The molecule has 2 aromatic carbocycles. The molecule has 0 heterocycles. The molecule has 1 atom stereocenters. The van der Waals surface area contributed by atoms with Crippen molar-refractivity contribution >= 4 is 11.4 Å². The molecular formula is C26H32N2O. The molecule has 0 fully saturated rings. The van der Waals surface area contributed by atoms with Gasteiger partial charge in [0, 0.05) is 16.8 Å². The molecule has 2 aromatic rings. The van der Waals surface area contributed by atoms with Gasteiger partial charge in [-0.05, 0) is 92.6 Å². The molecule has 0 amide bonds.